The highest BCUT2D eigenvalue weighted by Gasteiger charge is 2.42. The Morgan fingerprint density at radius 2 is 2.19 bits per heavy atom. The number of nitrogens with one attached hydrogen (secondary N) is 1. The van der Waals surface area contributed by atoms with Crippen LogP contribution >= 0.6 is 0 Å². The Balaban J connectivity index is 1.99. The minimum atomic E-state index is -3.88. The molecule has 8 heteroatoms. The monoisotopic (exact) mass is 316 g/mol. The molecule has 118 valence electrons. The summed E-state index contributed by atoms with van der Waals surface area (Å²) in [6.07, 6.45) is 3.00. The molecule has 0 saturated heterocycles. The van der Waals surface area contributed by atoms with Crippen molar-refractivity contribution in [2.24, 2.45) is 10.6 Å². The van der Waals surface area contributed by atoms with Crippen LogP contribution in [0.4, 0.5) is 0 Å². The van der Waals surface area contributed by atoms with Gasteiger partial charge in [-0.2, -0.15) is 0 Å². The maximum atomic E-state index is 12.0. The molecule has 1 aromatic rings. The van der Waals surface area contributed by atoms with Gasteiger partial charge in [0.1, 0.15) is 10.7 Å². The first-order valence-corrected chi connectivity index (χ1v) is 8.22. The lowest BCUT2D eigenvalue weighted by atomic mass is 10.0. The summed E-state index contributed by atoms with van der Waals surface area (Å²) in [7, 11) is -2.23. The molecule has 3 N–H and O–H groups in total. The van der Waals surface area contributed by atoms with Crippen molar-refractivity contribution >= 4 is 15.9 Å². The number of hydrogen-bond donors (Lipinski definition) is 2. The SMILES string of the molecule is COCCC1(CNC(=O)c2cc(S(N)(=O)=O)c(C)o2)CC1. The summed E-state index contributed by atoms with van der Waals surface area (Å²) in [4.78, 5) is 11.9. The minimum absolute atomic E-state index is 0.0425. The van der Waals surface area contributed by atoms with E-state index >= 15 is 0 Å². The van der Waals surface area contributed by atoms with Crippen molar-refractivity contribution in [3.8, 4) is 0 Å². The van der Waals surface area contributed by atoms with E-state index in [1.54, 1.807) is 7.11 Å². The summed E-state index contributed by atoms with van der Waals surface area (Å²) in [5.41, 5.74) is 0.107. The first kappa shape index (κ1) is 16.0. The summed E-state index contributed by atoms with van der Waals surface area (Å²) in [6, 6.07) is 1.16. The number of aryl methyl sites for hydroxylation is 1. The first-order valence-electron chi connectivity index (χ1n) is 6.68. The van der Waals surface area contributed by atoms with Crippen molar-refractivity contribution in [1.82, 2.24) is 5.32 Å². The van der Waals surface area contributed by atoms with E-state index in [4.69, 9.17) is 14.3 Å². The van der Waals surface area contributed by atoms with Gasteiger partial charge in [0.15, 0.2) is 5.76 Å². The maximum Gasteiger partial charge on any atom is 0.287 e. The van der Waals surface area contributed by atoms with Crippen LogP contribution in [0.1, 0.15) is 35.6 Å². The van der Waals surface area contributed by atoms with Gasteiger partial charge in [-0.1, -0.05) is 0 Å². The fourth-order valence-corrected chi connectivity index (χ4v) is 2.94. The number of hydrogen-bond acceptors (Lipinski definition) is 5. The smallest absolute Gasteiger partial charge is 0.287 e. The molecule has 1 saturated carbocycles. The van der Waals surface area contributed by atoms with Gasteiger partial charge in [0.05, 0.1) is 0 Å². The molecular weight excluding hydrogens is 296 g/mol. The highest BCUT2D eigenvalue weighted by Crippen LogP contribution is 2.48. The topological polar surface area (TPSA) is 112 Å². The number of carbonyl (C=O) groups excluding carboxylic acids is 1. The summed E-state index contributed by atoms with van der Waals surface area (Å²) in [5, 5.41) is 7.82. The molecule has 0 bridgehead atoms. The number of furan rings is 1. The lowest BCUT2D eigenvalue weighted by molar-refractivity contribution is 0.0909. The molecule has 1 fully saturated rings. The summed E-state index contributed by atoms with van der Waals surface area (Å²) >= 11 is 0. The molecule has 7 nitrogen and oxygen atoms in total. The molecule has 1 heterocycles. The Morgan fingerprint density at radius 3 is 2.67 bits per heavy atom. The number of carbonyl (C=O) groups is 1. The largest absolute Gasteiger partial charge is 0.455 e. The van der Waals surface area contributed by atoms with E-state index in [0.717, 1.165) is 25.3 Å². The second-order valence-electron chi connectivity index (χ2n) is 5.50. The number of rotatable bonds is 7. The molecule has 1 aliphatic rings. The van der Waals surface area contributed by atoms with Gasteiger partial charge in [-0.05, 0) is 31.6 Å². The highest BCUT2D eigenvalue weighted by atomic mass is 32.2. The molecule has 0 radical (unpaired) electrons. The molecule has 0 aliphatic heterocycles. The van der Waals surface area contributed by atoms with E-state index in [2.05, 4.69) is 5.32 Å². The molecule has 1 amide bonds. The van der Waals surface area contributed by atoms with Gasteiger partial charge in [-0.15, -0.1) is 0 Å². The Kier molecular flexibility index (Phi) is 4.40. The quantitative estimate of drug-likeness (QED) is 0.772. The standard InChI is InChI=1S/C13H20N2O5S/c1-9-11(21(14,17)18)7-10(20-9)12(16)15-8-13(3-4-13)5-6-19-2/h7H,3-6,8H2,1-2H3,(H,15,16)(H2,14,17,18). The Morgan fingerprint density at radius 1 is 1.52 bits per heavy atom. The third kappa shape index (κ3) is 3.84. The lowest BCUT2D eigenvalue weighted by Gasteiger charge is -2.14. The number of ether oxygens (including phenoxy) is 1. The summed E-state index contributed by atoms with van der Waals surface area (Å²) < 4.78 is 32.8. The van der Waals surface area contributed by atoms with Gasteiger partial charge < -0.3 is 14.5 Å². The van der Waals surface area contributed by atoms with Gasteiger partial charge in [0, 0.05) is 26.3 Å². The third-order valence-corrected chi connectivity index (χ3v) is 4.84. The highest BCUT2D eigenvalue weighted by molar-refractivity contribution is 7.89. The fraction of sp³-hybridized carbons (Fsp3) is 0.615. The molecule has 1 aliphatic carbocycles. The maximum absolute atomic E-state index is 12.0. The zero-order valence-electron chi connectivity index (χ0n) is 12.1. The van der Waals surface area contributed by atoms with Gasteiger partial charge in [0.2, 0.25) is 10.0 Å². The van der Waals surface area contributed by atoms with Gasteiger partial charge >= 0.3 is 0 Å². The van der Waals surface area contributed by atoms with Gasteiger partial charge in [0.25, 0.3) is 5.91 Å². The number of primary sulfonamides is 1. The Hall–Kier alpha value is -1.38. The van der Waals surface area contributed by atoms with Crippen molar-refractivity contribution in [3.05, 3.63) is 17.6 Å². The van der Waals surface area contributed by atoms with E-state index in [-0.39, 0.29) is 21.8 Å². The third-order valence-electron chi connectivity index (χ3n) is 3.82. The van der Waals surface area contributed by atoms with Crippen molar-refractivity contribution in [2.45, 2.75) is 31.1 Å². The van der Waals surface area contributed by atoms with Crippen LogP contribution in [-0.4, -0.2) is 34.6 Å². The predicted octanol–water partition coefficient (Wildman–Crippen LogP) is 0.782. The molecule has 0 spiro atoms. The zero-order chi connectivity index (χ0) is 15.7. The van der Waals surface area contributed by atoms with Crippen LogP contribution in [0.5, 0.6) is 0 Å². The Bertz CT molecular complexity index is 631. The second-order valence-corrected chi connectivity index (χ2v) is 7.03. The number of amides is 1. The van der Waals surface area contributed by atoms with E-state index in [1.807, 2.05) is 0 Å². The fourth-order valence-electron chi connectivity index (χ4n) is 2.23. The molecule has 0 atom stereocenters. The van der Waals surface area contributed by atoms with Crippen molar-refractivity contribution in [1.29, 1.82) is 0 Å². The van der Waals surface area contributed by atoms with Crippen LogP contribution in [-0.2, 0) is 14.8 Å². The molecule has 21 heavy (non-hydrogen) atoms. The molecule has 2 rings (SSSR count). The minimum Gasteiger partial charge on any atom is -0.455 e. The van der Waals surface area contributed by atoms with Crippen LogP contribution in [0.2, 0.25) is 0 Å². The van der Waals surface area contributed by atoms with E-state index < -0.39 is 15.9 Å². The van der Waals surface area contributed by atoms with Crippen LogP contribution in [0.15, 0.2) is 15.4 Å². The van der Waals surface area contributed by atoms with Crippen molar-refractivity contribution in [3.63, 3.8) is 0 Å². The number of sulfonamides is 1. The predicted molar refractivity (Wildman–Crippen MR) is 75.3 cm³/mol. The van der Waals surface area contributed by atoms with E-state index in [9.17, 15) is 13.2 Å². The van der Waals surface area contributed by atoms with Crippen LogP contribution in [0.3, 0.4) is 0 Å². The molecule has 0 aromatic carbocycles. The lowest BCUT2D eigenvalue weighted by Crippen LogP contribution is -2.30. The van der Waals surface area contributed by atoms with Gasteiger partial charge in [-0.25, -0.2) is 13.6 Å². The summed E-state index contributed by atoms with van der Waals surface area (Å²) in [5.74, 6) is -0.362. The van der Waals surface area contributed by atoms with Crippen molar-refractivity contribution in [2.75, 3.05) is 20.3 Å². The molecule has 0 unspecified atom stereocenters. The van der Waals surface area contributed by atoms with Crippen molar-refractivity contribution < 1.29 is 22.4 Å². The van der Waals surface area contributed by atoms with E-state index in [0.29, 0.717) is 13.2 Å². The van der Waals surface area contributed by atoms with E-state index in [1.165, 1.54) is 6.92 Å². The number of methoxy groups -OCH3 is 1. The first-order chi connectivity index (χ1) is 9.77. The molecule has 1 aromatic heterocycles. The average Bonchev–Trinajstić information content (AvgIpc) is 3.06. The summed E-state index contributed by atoms with van der Waals surface area (Å²) in [6.45, 7) is 2.64. The zero-order valence-corrected chi connectivity index (χ0v) is 13.0. The van der Waals surface area contributed by atoms with Crippen LogP contribution in [0.25, 0.3) is 0 Å². The number of nitrogens with two attached hydrogens (primary N) is 1. The average molecular weight is 316 g/mol. The Labute approximate surface area is 123 Å². The van der Waals surface area contributed by atoms with Crippen LogP contribution < -0.4 is 10.5 Å². The van der Waals surface area contributed by atoms with Gasteiger partial charge in [-0.3, -0.25) is 4.79 Å². The van der Waals surface area contributed by atoms with Crippen LogP contribution in [0, 0.1) is 12.3 Å². The second kappa shape index (κ2) is 5.78. The normalized spacial score (nSPS) is 16.7. The molecular formula is C13H20N2O5S.